The van der Waals surface area contributed by atoms with E-state index in [1.165, 1.54) is 19.2 Å². The van der Waals surface area contributed by atoms with Crippen molar-refractivity contribution >= 4 is 15.7 Å². The standard InChI is InChI=1S/C11H14N2O6S/c1-18-11-3-2-9(6-10(11)13(14)15)20(16,17)12-8-4-5-19-7-8/h2-3,6,8,12H,4-5,7H2,1H3/t8-/m0/s1. The van der Waals surface area contributed by atoms with Gasteiger partial charge < -0.3 is 9.47 Å². The minimum Gasteiger partial charge on any atom is -0.490 e. The van der Waals surface area contributed by atoms with Crippen molar-refractivity contribution in [1.82, 2.24) is 4.72 Å². The molecular weight excluding hydrogens is 288 g/mol. The Bertz CT molecular complexity index is 609. The quantitative estimate of drug-likeness (QED) is 0.632. The maximum absolute atomic E-state index is 12.1. The molecule has 0 bridgehead atoms. The maximum atomic E-state index is 12.1. The van der Waals surface area contributed by atoms with Gasteiger partial charge in [0.05, 0.1) is 23.5 Å². The lowest BCUT2D eigenvalue weighted by Crippen LogP contribution is -2.35. The number of nitro groups is 1. The number of ether oxygens (including phenoxy) is 2. The maximum Gasteiger partial charge on any atom is 0.312 e. The lowest BCUT2D eigenvalue weighted by atomic mass is 10.3. The molecule has 1 aliphatic rings. The molecule has 0 radical (unpaired) electrons. The summed E-state index contributed by atoms with van der Waals surface area (Å²) in [5.74, 6) is 0.0122. The van der Waals surface area contributed by atoms with E-state index in [0.29, 0.717) is 19.6 Å². The first-order valence-electron chi connectivity index (χ1n) is 5.86. The zero-order chi connectivity index (χ0) is 14.8. The fourth-order valence-corrected chi connectivity index (χ4v) is 3.17. The van der Waals surface area contributed by atoms with Gasteiger partial charge in [-0.2, -0.15) is 0 Å². The zero-order valence-corrected chi connectivity index (χ0v) is 11.6. The topological polar surface area (TPSA) is 108 Å². The van der Waals surface area contributed by atoms with Crippen LogP contribution in [0.15, 0.2) is 23.1 Å². The molecule has 9 heteroatoms. The molecule has 0 amide bonds. The number of nitro benzene ring substituents is 1. The molecule has 1 fully saturated rings. The molecule has 1 aliphatic heterocycles. The van der Waals surface area contributed by atoms with Gasteiger partial charge in [0.2, 0.25) is 10.0 Å². The van der Waals surface area contributed by atoms with E-state index in [4.69, 9.17) is 9.47 Å². The van der Waals surface area contributed by atoms with Gasteiger partial charge in [-0.05, 0) is 18.6 Å². The van der Waals surface area contributed by atoms with Crippen LogP contribution < -0.4 is 9.46 Å². The van der Waals surface area contributed by atoms with Crippen molar-refractivity contribution in [3.63, 3.8) is 0 Å². The van der Waals surface area contributed by atoms with Gasteiger partial charge in [0.25, 0.3) is 0 Å². The summed E-state index contributed by atoms with van der Waals surface area (Å²) in [6.45, 7) is 0.799. The fourth-order valence-electron chi connectivity index (χ4n) is 1.89. The van der Waals surface area contributed by atoms with Crippen molar-refractivity contribution < 1.29 is 22.8 Å². The molecule has 2 rings (SSSR count). The van der Waals surface area contributed by atoms with Gasteiger partial charge in [-0.1, -0.05) is 0 Å². The molecule has 1 aromatic carbocycles. The second-order valence-electron chi connectivity index (χ2n) is 4.27. The van der Waals surface area contributed by atoms with E-state index >= 15 is 0 Å². The smallest absolute Gasteiger partial charge is 0.312 e. The molecule has 0 aliphatic carbocycles. The molecule has 8 nitrogen and oxygen atoms in total. The summed E-state index contributed by atoms with van der Waals surface area (Å²) in [6.07, 6.45) is 0.581. The summed E-state index contributed by atoms with van der Waals surface area (Å²) in [7, 11) is -2.53. The number of nitrogens with one attached hydrogen (secondary N) is 1. The van der Waals surface area contributed by atoms with Gasteiger partial charge in [-0.25, -0.2) is 13.1 Å². The lowest BCUT2D eigenvalue weighted by molar-refractivity contribution is -0.386. The minimum absolute atomic E-state index is 0.0122. The van der Waals surface area contributed by atoms with E-state index in [2.05, 4.69) is 4.72 Å². The summed E-state index contributed by atoms with van der Waals surface area (Å²) >= 11 is 0. The van der Waals surface area contributed by atoms with Gasteiger partial charge in [0.1, 0.15) is 0 Å². The molecule has 1 N–H and O–H groups in total. The van der Waals surface area contributed by atoms with Crippen molar-refractivity contribution in [1.29, 1.82) is 0 Å². The second-order valence-corrected chi connectivity index (χ2v) is 5.99. The second kappa shape index (κ2) is 5.73. The van der Waals surface area contributed by atoms with Crippen LogP contribution in [0.5, 0.6) is 5.75 Å². The predicted molar refractivity (Wildman–Crippen MR) is 69.2 cm³/mol. The highest BCUT2D eigenvalue weighted by atomic mass is 32.2. The monoisotopic (exact) mass is 302 g/mol. The van der Waals surface area contributed by atoms with Gasteiger partial charge in [0.15, 0.2) is 5.75 Å². The first kappa shape index (κ1) is 14.7. The number of hydrogen-bond acceptors (Lipinski definition) is 6. The van der Waals surface area contributed by atoms with E-state index in [1.54, 1.807) is 0 Å². The molecule has 110 valence electrons. The number of rotatable bonds is 5. The van der Waals surface area contributed by atoms with Crippen LogP contribution in [-0.4, -0.2) is 39.7 Å². The van der Waals surface area contributed by atoms with Crippen LogP contribution >= 0.6 is 0 Å². The van der Waals surface area contributed by atoms with Crippen molar-refractivity contribution in [2.75, 3.05) is 20.3 Å². The first-order chi connectivity index (χ1) is 9.44. The Morgan fingerprint density at radius 1 is 1.50 bits per heavy atom. The highest BCUT2D eigenvalue weighted by Crippen LogP contribution is 2.29. The molecule has 0 unspecified atom stereocenters. The van der Waals surface area contributed by atoms with Crippen molar-refractivity contribution in [2.24, 2.45) is 0 Å². The third-order valence-electron chi connectivity index (χ3n) is 2.91. The first-order valence-corrected chi connectivity index (χ1v) is 7.35. The Hall–Kier alpha value is -1.71. The van der Waals surface area contributed by atoms with Crippen LogP contribution in [0.4, 0.5) is 5.69 Å². The molecule has 20 heavy (non-hydrogen) atoms. The zero-order valence-electron chi connectivity index (χ0n) is 10.7. The molecule has 0 spiro atoms. The summed E-state index contributed by atoms with van der Waals surface area (Å²) in [6, 6.07) is 3.21. The highest BCUT2D eigenvalue weighted by molar-refractivity contribution is 7.89. The highest BCUT2D eigenvalue weighted by Gasteiger charge is 2.26. The average molecular weight is 302 g/mol. The predicted octanol–water partition coefficient (Wildman–Crippen LogP) is 0.671. The molecule has 1 atom stereocenters. The van der Waals surface area contributed by atoms with E-state index in [9.17, 15) is 18.5 Å². The third kappa shape index (κ3) is 3.06. The minimum atomic E-state index is -3.81. The average Bonchev–Trinajstić information content (AvgIpc) is 2.89. The number of methoxy groups -OCH3 is 1. The Morgan fingerprint density at radius 3 is 2.80 bits per heavy atom. The summed E-state index contributed by atoms with van der Waals surface area (Å²) < 4.78 is 36.6. The number of nitrogens with zero attached hydrogens (tertiary/aromatic N) is 1. The summed E-state index contributed by atoms with van der Waals surface area (Å²) in [5, 5.41) is 10.9. The van der Waals surface area contributed by atoms with Crippen LogP contribution in [0.1, 0.15) is 6.42 Å². The molecule has 1 saturated heterocycles. The molecule has 0 aromatic heterocycles. The van der Waals surface area contributed by atoms with Crippen molar-refractivity contribution in [3.05, 3.63) is 28.3 Å². The van der Waals surface area contributed by atoms with Crippen LogP contribution in [-0.2, 0) is 14.8 Å². The van der Waals surface area contributed by atoms with Crippen LogP contribution in [0.25, 0.3) is 0 Å². The van der Waals surface area contributed by atoms with Gasteiger partial charge in [-0.3, -0.25) is 10.1 Å². The SMILES string of the molecule is COc1ccc(S(=O)(=O)N[C@H]2CCOC2)cc1[N+](=O)[O-]. The normalized spacial score (nSPS) is 18.9. The van der Waals surface area contributed by atoms with Crippen LogP contribution in [0.3, 0.4) is 0 Å². The van der Waals surface area contributed by atoms with Gasteiger partial charge in [0, 0.05) is 18.7 Å². The Labute approximate surface area is 115 Å². The van der Waals surface area contributed by atoms with Crippen molar-refractivity contribution in [2.45, 2.75) is 17.4 Å². The summed E-state index contributed by atoms with van der Waals surface area (Å²) in [4.78, 5) is 10.0. The lowest BCUT2D eigenvalue weighted by Gasteiger charge is -2.11. The van der Waals surface area contributed by atoms with Crippen LogP contribution in [0.2, 0.25) is 0 Å². The summed E-state index contributed by atoms with van der Waals surface area (Å²) in [5.41, 5.74) is -0.391. The molecular formula is C11H14N2O6S. The number of benzene rings is 1. The largest absolute Gasteiger partial charge is 0.490 e. The Kier molecular flexibility index (Phi) is 4.21. The third-order valence-corrected chi connectivity index (χ3v) is 4.43. The number of sulfonamides is 1. The van der Waals surface area contributed by atoms with E-state index in [0.717, 1.165) is 6.07 Å². The fraction of sp³-hybridized carbons (Fsp3) is 0.455. The Morgan fingerprint density at radius 2 is 2.25 bits per heavy atom. The van der Waals surface area contributed by atoms with Crippen LogP contribution in [0, 0.1) is 10.1 Å². The van der Waals surface area contributed by atoms with E-state index < -0.39 is 20.6 Å². The molecule has 0 saturated carbocycles. The number of hydrogen-bond donors (Lipinski definition) is 1. The molecule has 1 aromatic rings. The Balaban J connectivity index is 2.31. The van der Waals surface area contributed by atoms with Crippen molar-refractivity contribution in [3.8, 4) is 5.75 Å². The van der Waals surface area contributed by atoms with Gasteiger partial charge >= 0.3 is 5.69 Å². The van der Waals surface area contributed by atoms with Gasteiger partial charge in [-0.15, -0.1) is 0 Å². The molecule has 1 heterocycles. The van der Waals surface area contributed by atoms with E-state index in [1.807, 2.05) is 0 Å². The van der Waals surface area contributed by atoms with E-state index in [-0.39, 0.29) is 16.7 Å².